The summed E-state index contributed by atoms with van der Waals surface area (Å²) >= 11 is 0. The van der Waals surface area contributed by atoms with Gasteiger partial charge in [0.05, 0.1) is 0 Å². The first-order valence-electron chi connectivity index (χ1n) is 8.37. The Morgan fingerprint density at radius 2 is 1.71 bits per heavy atom. The third-order valence-corrected chi connectivity index (χ3v) is 3.45. The normalized spacial score (nSPS) is 13.5. The summed E-state index contributed by atoms with van der Waals surface area (Å²) in [6, 6.07) is 6.28. The van der Waals surface area contributed by atoms with E-state index >= 15 is 0 Å². The predicted molar refractivity (Wildman–Crippen MR) is 89.5 cm³/mol. The smallest absolute Gasteiger partial charge is 0.0492 e. The fourth-order valence-electron chi connectivity index (χ4n) is 2.55. The first kappa shape index (κ1) is 17.4. The Bertz CT molecular complexity index is 461. The van der Waals surface area contributed by atoms with Crippen LogP contribution >= 0.6 is 0 Å². The van der Waals surface area contributed by atoms with Gasteiger partial charge in [-0.3, -0.25) is 9.67 Å². The van der Waals surface area contributed by atoms with E-state index in [1.807, 2.05) is 46.2 Å². The van der Waals surface area contributed by atoms with Crippen LogP contribution in [0, 0.1) is 0 Å². The molecule has 21 heavy (non-hydrogen) atoms. The fourth-order valence-corrected chi connectivity index (χ4v) is 2.55. The van der Waals surface area contributed by atoms with E-state index in [0.29, 0.717) is 0 Å². The number of fused-ring (bicyclic) bond motifs is 2. The Kier molecular flexibility index (Phi) is 8.41. The summed E-state index contributed by atoms with van der Waals surface area (Å²) in [5, 5.41) is 4.11. The van der Waals surface area contributed by atoms with Crippen LogP contribution in [-0.4, -0.2) is 14.8 Å². The van der Waals surface area contributed by atoms with Crippen molar-refractivity contribution in [3.05, 3.63) is 47.5 Å². The molecule has 2 aliphatic rings. The lowest BCUT2D eigenvalue weighted by Crippen LogP contribution is -1.92. The molecule has 0 fully saturated rings. The highest BCUT2D eigenvalue weighted by atomic mass is 15.3. The largest absolute Gasteiger partial charge is 0.270 e. The number of rotatable bonds is 0. The minimum atomic E-state index is 1.13. The summed E-state index contributed by atoms with van der Waals surface area (Å²) in [4.78, 5) is 4.26. The van der Waals surface area contributed by atoms with E-state index in [2.05, 4.69) is 26.9 Å². The molecule has 2 aromatic rings. The first-order valence-corrected chi connectivity index (χ1v) is 8.37. The molecule has 0 radical (unpaired) electrons. The predicted octanol–water partition coefficient (Wildman–Crippen LogP) is 4.45. The van der Waals surface area contributed by atoms with Crippen molar-refractivity contribution in [1.82, 2.24) is 14.8 Å². The molecule has 3 nitrogen and oxygen atoms in total. The van der Waals surface area contributed by atoms with Crippen LogP contribution in [0.1, 0.15) is 57.5 Å². The van der Waals surface area contributed by atoms with Gasteiger partial charge in [0.25, 0.3) is 0 Å². The van der Waals surface area contributed by atoms with E-state index in [0.717, 1.165) is 6.54 Å². The third-order valence-electron chi connectivity index (χ3n) is 3.45. The maximum Gasteiger partial charge on any atom is 0.0492 e. The lowest BCUT2D eigenvalue weighted by atomic mass is 10.2. The Morgan fingerprint density at radius 3 is 2.43 bits per heavy atom. The molecular formula is C18H29N3. The van der Waals surface area contributed by atoms with Crippen LogP contribution in [0.5, 0.6) is 0 Å². The summed E-state index contributed by atoms with van der Waals surface area (Å²) in [6.45, 7) is 9.13. The van der Waals surface area contributed by atoms with Crippen molar-refractivity contribution in [2.75, 3.05) is 0 Å². The quantitative estimate of drug-likeness (QED) is 0.716. The van der Waals surface area contributed by atoms with E-state index in [1.54, 1.807) is 0 Å². The number of aryl methyl sites for hydroxylation is 4. The highest BCUT2D eigenvalue weighted by Crippen LogP contribution is 2.17. The van der Waals surface area contributed by atoms with Crippen molar-refractivity contribution >= 4 is 0 Å². The molecule has 0 unspecified atom stereocenters. The minimum absolute atomic E-state index is 1.13. The molecule has 116 valence electrons. The maximum atomic E-state index is 4.26. The number of nitrogens with zero attached hydrogens (tertiary/aromatic N) is 3. The second-order valence-electron chi connectivity index (χ2n) is 4.61. The average Bonchev–Trinajstić information content (AvgIpc) is 3.28. The van der Waals surface area contributed by atoms with Gasteiger partial charge in [-0.1, -0.05) is 33.8 Å². The van der Waals surface area contributed by atoms with Crippen LogP contribution < -0.4 is 0 Å². The molecule has 0 N–H and O–H groups in total. The number of pyridine rings is 1. The second-order valence-corrected chi connectivity index (χ2v) is 4.61. The molecule has 3 heteroatoms. The van der Waals surface area contributed by atoms with Crippen LogP contribution in [0.15, 0.2) is 30.6 Å². The third kappa shape index (κ3) is 5.00. The summed E-state index contributed by atoms with van der Waals surface area (Å²) < 4.78 is 2.07. The fraction of sp³-hybridized carbons (Fsp3) is 0.556. The maximum absolute atomic E-state index is 4.26. The Morgan fingerprint density at radius 1 is 0.905 bits per heavy atom. The van der Waals surface area contributed by atoms with Gasteiger partial charge in [0.15, 0.2) is 0 Å². The first-order chi connectivity index (χ1) is 10.4. The SMILES string of the molecule is CC.CC.c1cc2n(n1)CCC2.c1cnc2c(c1)CCC2. The highest BCUT2D eigenvalue weighted by Gasteiger charge is 2.09. The van der Waals surface area contributed by atoms with E-state index < -0.39 is 0 Å². The molecule has 0 aromatic carbocycles. The summed E-state index contributed by atoms with van der Waals surface area (Å²) in [5.41, 5.74) is 4.17. The van der Waals surface area contributed by atoms with E-state index in [-0.39, 0.29) is 0 Å². The molecule has 0 amide bonds. The van der Waals surface area contributed by atoms with Gasteiger partial charge in [-0.05, 0) is 49.8 Å². The lowest BCUT2D eigenvalue weighted by molar-refractivity contribution is 0.656. The topological polar surface area (TPSA) is 30.7 Å². The van der Waals surface area contributed by atoms with Crippen molar-refractivity contribution in [2.24, 2.45) is 0 Å². The zero-order valence-corrected chi connectivity index (χ0v) is 14.0. The number of aromatic nitrogens is 3. The van der Waals surface area contributed by atoms with E-state index in [1.165, 1.54) is 49.1 Å². The van der Waals surface area contributed by atoms with Gasteiger partial charge in [0.1, 0.15) is 0 Å². The van der Waals surface area contributed by atoms with Crippen molar-refractivity contribution in [1.29, 1.82) is 0 Å². The van der Waals surface area contributed by atoms with Gasteiger partial charge in [-0.25, -0.2) is 0 Å². The second kappa shape index (κ2) is 10.1. The molecule has 1 aliphatic heterocycles. The van der Waals surface area contributed by atoms with Crippen molar-refractivity contribution in [3.8, 4) is 0 Å². The molecule has 3 heterocycles. The van der Waals surface area contributed by atoms with Crippen LogP contribution in [0.4, 0.5) is 0 Å². The zero-order valence-electron chi connectivity index (χ0n) is 14.0. The van der Waals surface area contributed by atoms with Crippen LogP contribution in [-0.2, 0) is 25.8 Å². The molecule has 0 saturated carbocycles. The molecular weight excluding hydrogens is 258 g/mol. The zero-order chi connectivity index (χ0) is 15.5. The van der Waals surface area contributed by atoms with Crippen molar-refractivity contribution in [3.63, 3.8) is 0 Å². The van der Waals surface area contributed by atoms with Gasteiger partial charge >= 0.3 is 0 Å². The lowest BCUT2D eigenvalue weighted by Gasteiger charge is -1.92. The van der Waals surface area contributed by atoms with Gasteiger partial charge in [-0.2, -0.15) is 5.10 Å². The van der Waals surface area contributed by atoms with Gasteiger partial charge in [0, 0.05) is 30.3 Å². The van der Waals surface area contributed by atoms with Crippen LogP contribution in [0.2, 0.25) is 0 Å². The molecule has 0 atom stereocenters. The van der Waals surface area contributed by atoms with Crippen LogP contribution in [0.3, 0.4) is 0 Å². The summed E-state index contributed by atoms with van der Waals surface area (Å²) in [5.74, 6) is 0. The Labute approximate surface area is 129 Å². The highest BCUT2D eigenvalue weighted by molar-refractivity contribution is 5.23. The van der Waals surface area contributed by atoms with Crippen LogP contribution in [0.25, 0.3) is 0 Å². The van der Waals surface area contributed by atoms with Gasteiger partial charge in [-0.15, -0.1) is 0 Å². The molecule has 0 saturated heterocycles. The monoisotopic (exact) mass is 287 g/mol. The minimum Gasteiger partial charge on any atom is -0.270 e. The van der Waals surface area contributed by atoms with Crippen molar-refractivity contribution in [2.45, 2.75) is 66.3 Å². The Hall–Kier alpha value is -1.64. The average molecular weight is 287 g/mol. The molecule has 2 aromatic heterocycles. The summed E-state index contributed by atoms with van der Waals surface area (Å²) in [7, 11) is 0. The van der Waals surface area contributed by atoms with E-state index in [4.69, 9.17) is 0 Å². The molecule has 1 aliphatic carbocycles. The number of hydrogen-bond acceptors (Lipinski definition) is 2. The Balaban J connectivity index is 0.000000171. The number of hydrogen-bond donors (Lipinski definition) is 0. The molecule has 0 bridgehead atoms. The van der Waals surface area contributed by atoms with Crippen molar-refractivity contribution < 1.29 is 0 Å². The van der Waals surface area contributed by atoms with Gasteiger partial charge in [0.2, 0.25) is 0 Å². The van der Waals surface area contributed by atoms with E-state index in [9.17, 15) is 0 Å². The molecule has 0 spiro atoms. The van der Waals surface area contributed by atoms with Gasteiger partial charge < -0.3 is 0 Å². The summed E-state index contributed by atoms with van der Waals surface area (Å²) in [6.07, 6.45) is 9.98. The standard InChI is InChI=1S/C8H9N.C6H8N2.2C2H6/c1-3-7-4-2-6-9-8(7)5-1;1-2-6-3-4-7-8(6)5-1;2*1-2/h2,4,6H,1,3,5H2;3-4H,1-2,5H2;2*1-2H3. The molecule has 4 rings (SSSR count).